The van der Waals surface area contributed by atoms with E-state index in [1.807, 2.05) is 44.2 Å². The second-order valence-electron chi connectivity index (χ2n) is 4.49. The quantitative estimate of drug-likeness (QED) is 0.781. The smallest absolute Gasteiger partial charge is 0.315 e. The SMILES string of the molecule is CC[C@H](C)NC(=O)N[C@@H](Cc1ccccc1)C(=O)[O-]. The number of urea groups is 1. The van der Waals surface area contributed by atoms with Crippen molar-refractivity contribution in [2.45, 2.75) is 38.8 Å². The molecular formula is C14H19N2O3-. The molecule has 0 bridgehead atoms. The highest BCUT2D eigenvalue weighted by molar-refractivity contribution is 5.81. The predicted octanol–water partition coefficient (Wildman–Crippen LogP) is 0.445. The number of carbonyl (C=O) groups excluding carboxylic acids is 2. The van der Waals surface area contributed by atoms with Crippen LogP contribution in [0.25, 0.3) is 0 Å². The van der Waals surface area contributed by atoms with E-state index in [1.54, 1.807) is 0 Å². The molecule has 0 radical (unpaired) electrons. The maximum absolute atomic E-state index is 11.6. The molecule has 0 saturated carbocycles. The van der Waals surface area contributed by atoms with Crippen molar-refractivity contribution in [2.24, 2.45) is 0 Å². The molecule has 0 unspecified atom stereocenters. The fraction of sp³-hybridized carbons (Fsp3) is 0.429. The average molecular weight is 263 g/mol. The minimum Gasteiger partial charge on any atom is -0.548 e. The Bertz CT molecular complexity index is 420. The van der Waals surface area contributed by atoms with Crippen molar-refractivity contribution in [1.29, 1.82) is 0 Å². The number of amides is 2. The van der Waals surface area contributed by atoms with Gasteiger partial charge in [-0.25, -0.2) is 4.79 Å². The van der Waals surface area contributed by atoms with Gasteiger partial charge in [-0.15, -0.1) is 0 Å². The predicted molar refractivity (Wildman–Crippen MR) is 70.4 cm³/mol. The molecule has 0 spiro atoms. The van der Waals surface area contributed by atoms with Crippen LogP contribution in [0.15, 0.2) is 30.3 Å². The molecule has 0 fully saturated rings. The van der Waals surface area contributed by atoms with Crippen molar-refractivity contribution >= 4 is 12.0 Å². The summed E-state index contributed by atoms with van der Waals surface area (Å²) in [4.78, 5) is 22.6. The van der Waals surface area contributed by atoms with E-state index >= 15 is 0 Å². The molecule has 0 heterocycles. The minimum atomic E-state index is -1.29. The van der Waals surface area contributed by atoms with E-state index in [2.05, 4.69) is 10.6 Å². The van der Waals surface area contributed by atoms with Gasteiger partial charge in [0, 0.05) is 6.04 Å². The summed E-state index contributed by atoms with van der Waals surface area (Å²) < 4.78 is 0. The van der Waals surface area contributed by atoms with Gasteiger partial charge >= 0.3 is 6.03 Å². The van der Waals surface area contributed by atoms with Gasteiger partial charge < -0.3 is 20.5 Å². The third kappa shape index (κ3) is 5.42. The van der Waals surface area contributed by atoms with Crippen LogP contribution in [0.1, 0.15) is 25.8 Å². The van der Waals surface area contributed by atoms with Crippen LogP contribution in [0.2, 0.25) is 0 Å². The highest BCUT2D eigenvalue weighted by atomic mass is 16.4. The van der Waals surface area contributed by atoms with Crippen LogP contribution in [-0.4, -0.2) is 24.1 Å². The minimum absolute atomic E-state index is 0.000806. The van der Waals surface area contributed by atoms with Gasteiger partial charge in [-0.1, -0.05) is 37.3 Å². The van der Waals surface area contributed by atoms with Crippen LogP contribution in [0.4, 0.5) is 4.79 Å². The molecule has 5 nitrogen and oxygen atoms in total. The second-order valence-corrected chi connectivity index (χ2v) is 4.49. The molecule has 0 aromatic heterocycles. The molecule has 0 saturated heterocycles. The van der Waals surface area contributed by atoms with Gasteiger partial charge in [0.1, 0.15) is 0 Å². The first kappa shape index (κ1) is 15.0. The van der Waals surface area contributed by atoms with Gasteiger partial charge in [-0.05, 0) is 25.3 Å². The van der Waals surface area contributed by atoms with Gasteiger partial charge in [-0.2, -0.15) is 0 Å². The maximum Gasteiger partial charge on any atom is 0.315 e. The zero-order chi connectivity index (χ0) is 14.3. The summed E-state index contributed by atoms with van der Waals surface area (Å²) in [6.07, 6.45) is 0.985. The fourth-order valence-electron chi connectivity index (χ4n) is 1.57. The van der Waals surface area contributed by atoms with Gasteiger partial charge in [0.15, 0.2) is 0 Å². The van der Waals surface area contributed by atoms with Gasteiger partial charge in [-0.3, -0.25) is 0 Å². The lowest BCUT2D eigenvalue weighted by Crippen LogP contribution is -2.53. The van der Waals surface area contributed by atoms with E-state index in [9.17, 15) is 14.7 Å². The van der Waals surface area contributed by atoms with E-state index in [4.69, 9.17) is 0 Å². The molecule has 19 heavy (non-hydrogen) atoms. The Labute approximate surface area is 113 Å². The molecule has 1 rings (SSSR count). The van der Waals surface area contributed by atoms with E-state index in [-0.39, 0.29) is 12.5 Å². The zero-order valence-electron chi connectivity index (χ0n) is 11.2. The Morgan fingerprint density at radius 2 is 1.84 bits per heavy atom. The van der Waals surface area contributed by atoms with Gasteiger partial charge in [0.2, 0.25) is 0 Å². The Hall–Kier alpha value is -2.04. The molecule has 2 atom stereocenters. The van der Waals surface area contributed by atoms with Crippen molar-refractivity contribution < 1.29 is 14.7 Å². The molecule has 2 N–H and O–H groups in total. The van der Waals surface area contributed by atoms with Crippen molar-refractivity contribution in [2.75, 3.05) is 0 Å². The number of carbonyl (C=O) groups is 2. The first-order valence-electron chi connectivity index (χ1n) is 6.34. The number of rotatable bonds is 6. The lowest BCUT2D eigenvalue weighted by molar-refractivity contribution is -0.308. The van der Waals surface area contributed by atoms with Gasteiger partial charge in [0.05, 0.1) is 12.0 Å². The summed E-state index contributed by atoms with van der Waals surface area (Å²) in [6.45, 7) is 3.79. The molecule has 1 aromatic carbocycles. The molecule has 5 heteroatoms. The number of hydrogen-bond donors (Lipinski definition) is 2. The number of carboxylic acid groups (broad SMARTS) is 1. The van der Waals surface area contributed by atoms with Crippen LogP contribution in [-0.2, 0) is 11.2 Å². The standard InChI is InChI=1S/C14H20N2O3/c1-3-10(2)15-14(19)16-12(13(17)18)9-11-7-5-4-6-8-11/h4-8,10,12H,3,9H2,1-2H3,(H,17,18)(H2,15,16,19)/p-1/t10-,12-/m0/s1. The Morgan fingerprint density at radius 1 is 1.21 bits per heavy atom. The number of nitrogens with one attached hydrogen (secondary N) is 2. The molecule has 1 aromatic rings. The Balaban J connectivity index is 2.59. The van der Waals surface area contributed by atoms with Crippen LogP contribution in [0.3, 0.4) is 0 Å². The van der Waals surface area contributed by atoms with Crippen LogP contribution < -0.4 is 15.7 Å². The monoisotopic (exact) mass is 263 g/mol. The Kier molecular flexibility index (Phi) is 5.85. The van der Waals surface area contributed by atoms with Crippen molar-refractivity contribution in [1.82, 2.24) is 10.6 Å². The van der Waals surface area contributed by atoms with Crippen LogP contribution in [0.5, 0.6) is 0 Å². The van der Waals surface area contributed by atoms with E-state index in [0.717, 1.165) is 12.0 Å². The summed E-state index contributed by atoms with van der Waals surface area (Å²) in [5.74, 6) is -1.29. The number of hydrogen-bond acceptors (Lipinski definition) is 3. The highest BCUT2D eigenvalue weighted by Crippen LogP contribution is 2.03. The maximum atomic E-state index is 11.6. The second kappa shape index (κ2) is 7.41. The first-order valence-corrected chi connectivity index (χ1v) is 6.34. The first-order chi connectivity index (χ1) is 9.02. The number of aliphatic carboxylic acids is 1. The third-order valence-corrected chi connectivity index (χ3v) is 2.86. The average Bonchev–Trinajstić information content (AvgIpc) is 2.38. The summed E-state index contributed by atoms with van der Waals surface area (Å²) in [5.41, 5.74) is 0.834. The van der Waals surface area contributed by atoms with Crippen LogP contribution in [0, 0.1) is 0 Å². The topological polar surface area (TPSA) is 81.3 Å². The lowest BCUT2D eigenvalue weighted by Gasteiger charge is -2.21. The number of carboxylic acids is 1. The fourth-order valence-corrected chi connectivity index (χ4v) is 1.57. The molecular weight excluding hydrogens is 244 g/mol. The number of benzene rings is 1. The third-order valence-electron chi connectivity index (χ3n) is 2.86. The van der Waals surface area contributed by atoms with Crippen molar-refractivity contribution in [3.8, 4) is 0 Å². The Morgan fingerprint density at radius 3 is 2.37 bits per heavy atom. The van der Waals surface area contributed by atoms with E-state index < -0.39 is 18.0 Å². The lowest BCUT2D eigenvalue weighted by atomic mass is 10.1. The zero-order valence-corrected chi connectivity index (χ0v) is 11.2. The highest BCUT2D eigenvalue weighted by Gasteiger charge is 2.14. The van der Waals surface area contributed by atoms with E-state index in [0.29, 0.717) is 0 Å². The molecule has 104 valence electrons. The summed E-state index contributed by atoms with van der Waals surface area (Å²) in [5, 5.41) is 16.1. The summed E-state index contributed by atoms with van der Waals surface area (Å²) in [6, 6.07) is 7.58. The van der Waals surface area contributed by atoms with E-state index in [1.165, 1.54) is 0 Å². The van der Waals surface area contributed by atoms with Crippen molar-refractivity contribution in [3.05, 3.63) is 35.9 Å². The molecule has 0 aliphatic heterocycles. The molecule has 0 aliphatic rings. The molecule has 0 aliphatic carbocycles. The summed E-state index contributed by atoms with van der Waals surface area (Å²) >= 11 is 0. The normalized spacial score (nSPS) is 13.4. The van der Waals surface area contributed by atoms with Gasteiger partial charge in [0.25, 0.3) is 0 Å². The summed E-state index contributed by atoms with van der Waals surface area (Å²) in [7, 11) is 0. The van der Waals surface area contributed by atoms with Crippen LogP contribution >= 0.6 is 0 Å². The largest absolute Gasteiger partial charge is 0.548 e. The van der Waals surface area contributed by atoms with Crippen molar-refractivity contribution in [3.63, 3.8) is 0 Å². The molecule has 2 amide bonds.